The minimum absolute atomic E-state index is 0.0754. The molecule has 5 rings (SSSR count). The average Bonchev–Trinajstić information content (AvgIpc) is 3.30. The lowest BCUT2D eigenvalue weighted by Gasteiger charge is -2.25. The molecule has 5 nitrogen and oxygen atoms in total. The van der Waals surface area contributed by atoms with Crippen molar-refractivity contribution in [2.75, 3.05) is 24.5 Å². The van der Waals surface area contributed by atoms with Crippen molar-refractivity contribution in [1.82, 2.24) is 10.2 Å². The smallest absolute Gasteiger partial charge is 0.259 e. The summed E-state index contributed by atoms with van der Waals surface area (Å²) in [6.07, 6.45) is 2.23. The number of nitrogens with one attached hydrogen (secondary N) is 1. The Hall–Kier alpha value is -3.16. The molecule has 2 amide bonds. The number of hydrogen-bond donors (Lipinski definition) is 1. The van der Waals surface area contributed by atoms with Crippen LogP contribution in [0.2, 0.25) is 0 Å². The fourth-order valence-corrected chi connectivity index (χ4v) is 5.93. The van der Waals surface area contributed by atoms with Gasteiger partial charge < -0.3 is 10.2 Å². The maximum atomic E-state index is 14.6. The van der Waals surface area contributed by atoms with Crippen molar-refractivity contribution < 1.29 is 14.0 Å². The van der Waals surface area contributed by atoms with Crippen LogP contribution in [0, 0.1) is 5.82 Å². The monoisotopic (exact) mass is 489 g/mol. The van der Waals surface area contributed by atoms with Crippen LogP contribution in [-0.4, -0.2) is 42.4 Å². The molecule has 2 aliphatic heterocycles. The van der Waals surface area contributed by atoms with Crippen molar-refractivity contribution in [2.24, 2.45) is 0 Å². The number of likely N-dealkylation sites (N-methyl/N-ethyl adjacent to an activating group) is 1. The van der Waals surface area contributed by atoms with E-state index in [1.54, 1.807) is 41.3 Å². The first-order valence-corrected chi connectivity index (χ1v) is 12.8. The molecule has 35 heavy (non-hydrogen) atoms. The molecular weight excluding hydrogens is 461 g/mol. The number of anilines is 1. The van der Waals surface area contributed by atoms with E-state index in [1.165, 1.54) is 17.8 Å². The fourth-order valence-electron chi connectivity index (χ4n) is 4.87. The van der Waals surface area contributed by atoms with E-state index in [1.807, 2.05) is 24.3 Å². The van der Waals surface area contributed by atoms with E-state index in [4.69, 9.17) is 0 Å². The molecule has 1 N–H and O–H groups in total. The minimum Gasteiger partial charge on any atom is -0.350 e. The third-order valence-electron chi connectivity index (χ3n) is 6.78. The number of amides is 2. The quantitative estimate of drug-likeness (QED) is 0.507. The predicted octanol–water partition coefficient (Wildman–Crippen LogP) is 5.35. The largest absolute Gasteiger partial charge is 0.350 e. The normalized spacial score (nSPS) is 17.6. The van der Waals surface area contributed by atoms with E-state index in [9.17, 15) is 14.0 Å². The number of benzene rings is 3. The zero-order valence-electron chi connectivity index (χ0n) is 19.7. The molecule has 2 aliphatic rings. The third kappa shape index (κ3) is 4.83. The first-order valence-electron chi connectivity index (χ1n) is 12.0. The van der Waals surface area contributed by atoms with Gasteiger partial charge in [0.2, 0.25) is 0 Å². The predicted molar refractivity (Wildman–Crippen MR) is 137 cm³/mol. The zero-order valence-corrected chi connectivity index (χ0v) is 20.5. The van der Waals surface area contributed by atoms with Gasteiger partial charge in [-0.25, -0.2) is 4.39 Å². The Labute approximate surface area is 209 Å². The van der Waals surface area contributed by atoms with Crippen molar-refractivity contribution in [3.63, 3.8) is 0 Å². The maximum absolute atomic E-state index is 14.6. The van der Waals surface area contributed by atoms with Crippen LogP contribution in [-0.2, 0) is 6.54 Å². The lowest BCUT2D eigenvalue weighted by molar-refractivity contribution is 0.0938. The molecule has 3 aromatic rings. The topological polar surface area (TPSA) is 52.7 Å². The molecule has 1 atom stereocenters. The molecule has 0 radical (unpaired) electrons. The number of fused-ring (bicyclic) bond motifs is 2. The second-order valence-corrected chi connectivity index (χ2v) is 9.98. The van der Waals surface area contributed by atoms with Gasteiger partial charge in [-0.2, -0.15) is 0 Å². The summed E-state index contributed by atoms with van der Waals surface area (Å²) >= 11 is 1.49. The van der Waals surface area contributed by atoms with Gasteiger partial charge in [0.25, 0.3) is 11.8 Å². The van der Waals surface area contributed by atoms with Crippen molar-refractivity contribution >= 4 is 29.3 Å². The Morgan fingerprint density at radius 3 is 2.71 bits per heavy atom. The molecule has 3 aromatic carbocycles. The minimum atomic E-state index is -0.363. The van der Waals surface area contributed by atoms with Crippen LogP contribution in [0.15, 0.2) is 76.5 Å². The number of carbonyl (C=O) groups is 2. The lowest BCUT2D eigenvalue weighted by Crippen LogP contribution is -2.40. The van der Waals surface area contributed by atoms with Gasteiger partial charge in [0.15, 0.2) is 0 Å². The summed E-state index contributed by atoms with van der Waals surface area (Å²) in [5.74, 6) is -0.740. The Morgan fingerprint density at radius 1 is 1.09 bits per heavy atom. The van der Waals surface area contributed by atoms with Crippen LogP contribution < -0.4 is 10.2 Å². The molecule has 2 heterocycles. The Morgan fingerprint density at radius 2 is 1.89 bits per heavy atom. The average molecular weight is 490 g/mol. The van der Waals surface area contributed by atoms with Crippen LogP contribution >= 0.6 is 11.8 Å². The molecule has 0 aliphatic carbocycles. The number of hydrogen-bond acceptors (Lipinski definition) is 4. The molecule has 7 heteroatoms. The maximum Gasteiger partial charge on any atom is 0.259 e. The standard InChI is InChI=1S/C28H28FN3O2S/c1-2-31-15-7-9-21(31)17-30-27(33)19-13-14-26-24(16-19)32(18-20-8-3-5-11-23(20)29)28(34)22-10-4-6-12-25(22)35-26/h3-6,8,10-14,16,21H,2,7,9,15,17-18H2,1H3,(H,30,33)/t21-/m0/s1. The number of halogens is 1. The number of likely N-dealkylation sites (tertiary alicyclic amines) is 1. The number of rotatable bonds is 6. The highest BCUT2D eigenvalue weighted by Gasteiger charge is 2.29. The van der Waals surface area contributed by atoms with Crippen molar-refractivity contribution in [2.45, 2.75) is 42.1 Å². The van der Waals surface area contributed by atoms with Crippen LogP contribution in [0.3, 0.4) is 0 Å². The summed E-state index contributed by atoms with van der Waals surface area (Å²) in [6.45, 7) is 4.86. The highest BCUT2D eigenvalue weighted by atomic mass is 32.2. The summed E-state index contributed by atoms with van der Waals surface area (Å²) in [5.41, 5.74) is 2.09. The first kappa shape index (κ1) is 23.6. The summed E-state index contributed by atoms with van der Waals surface area (Å²) in [6, 6.07) is 19.7. The van der Waals surface area contributed by atoms with E-state index in [0.29, 0.717) is 35.0 Å². The molecule has 1 saturated heterocycles. The number of nitrogens with zero attached hydrogens (tertiary/aromatic N) is 2. The lowest BCUT2D eigenvalue weighted by atomic mass is 10.1. The Kier molecular flexibility index (Phi) is 6.88. The first-order chi connectivity index (χ1) is 17.0. The molecule has 0 bridgehead atoms. The Balaban J connectivity index is 1.47. The van der Waals surface area contributed by atoms with Gasteiger partial charge in [-0.1, -0.05) is 49.0 Å². The Bertz CT molecular complexity index is 1260. The van der Waals surface area contributed by atoms with Gasteiger partial charge in [0.1, 0.15) is 5.82 Å². The van der Waals surface area contributed by atoms with E-state index >= 15 is 0 Å². The van der Waals surface area contributed by atoms with Crippen LogP contribution in [0.25, 0.3) is 0 Å². The van der Waals surface area contributed by atoms with Crippen LogP contribution in [0.5, 0.6) is 0 Å². The van der Waals surface area contributed by atoms with Gasteiger partial charge in [-0.15, -0.1) is 0 Å². The van der Waals surface area contributed by atoms with Crippen molar-refractivity contribution in [3.05, 3.63) is 89.2 Å². The molecule has 1 fully saturated rings. The summed E-state index contributed by atoms with van der Waals surface area (Å²) in [4.78, 5) is 32.4. The van der Waals surface area contributed by atoms with E-state index in [0.717, 1.165) is 35.7 Å². The second kappa shape index (κ2) is 10.2. The van der Waals surface area contributed by atoms with Gasteiger partial charge in [0.05, 0.1) is 17.8 Å². The second-order valence-electron chi connectivity index (χ2n) is 8.90. The van der Waals surface area contributed by atoms with Gasteiger partial charge >= 0.3 is 0 Å². The molecule has 0 unspecified atom stereocenters. The van der Waals surface area contributed by atoms with E-state index < -0.39 is 0 Å². The third-order valence-corrected chi connectivity index (χ3v) is 7.93. The molecular formula is C28H28FN3O2S. The summed E-state index contributed by atoms with van der Waals surface area (Å²) in [7, 11) is 0. The van der Waals surface area contributed by atoms with E-state index in [-0.39, 0.29) is 24.2 Å². The van der Waals surface area contributed by atoms with Gasteiger partial charge in [0, 0.05) is 33.5 Å². The molecule has 0 saturated carbocycles. The van der Waals surface area contributed by atoms with E-state index in [2.05, 4.69) is 17.1 Å². The highest BCUT2D eigenvalue weighted by Crippen LogP contribution is 2.42. The molecule has 0 aromatic heterocycles. The summed E-state index contributed by atoms with van der Waals surface area (Å²) < 4.78 is 14.6. The zero-order chi connectivity index (χ0) is 24.4. The van der Waals surface area contributed by atoms with Gasteiger partial charge in [-0.05, 0) is 62.3 Å². The van der Waals surface area contributed by atoms with Crippen molar-refractivity contribution in [1.29, 1.82) is 0 Å². The summed E-state index contributed by atoms with van der Waals surface area (Å²) in [5, 5.41) is 3.08. The van der Waals surface area contributed by atoms with Gasteiger partial charge in [-0.3, -0.25) is 14.5 Å². The fraction of sp³-hybridized carbons (Fsp3) is 0.286. The van der Waals surface area contributed by atoms with Crippen LogP contribution in [0.1, 0.15) is 46.0 Å². The highest BCUT2D eigenvalue weighted by molar-refractivity contribution is 7.99. The molecule has 0 spiro atoms. The number of carbonyl (C=O) groups excluding carboxylic acids is 2. The van der Waals surface area contributed by atoms with Crippen LogP contribution in [0.4, 0.5) is 10.1 Å². The SMILES string of the molecule is CCN1CCC[C@H]1CNC(=O)c1ccc2c(c1)N(Cc1ccccc1F)C(=O)c1ccccc1S2. The van der Waals surface area contributed by atoms with Crippen molar-refractivity contribution in [3.8, 4) is 0 Å². The molecule has 180 valence electrons.